The van der Waals surface area contributed by atoms with Crippen LogP contribution in [0.3, 0.4) is 0 Å². The Labute approximate surface area is 143 Å². The molecule has 1 aromatic carbocycles. The van der Waals surface area contributed by atoms with Gasteiger partial charge in [0.05, 0.1) is 5.57 Å². The van der Waals surface area contributed by atoms with E-state index in [0.717, 1.165) is 38.3 Å². The number of carbonyl (C=O) groups is 2. The first-order chi connectivity index (χ1) is 11.5. The van der Waals surface area contributed by atoms with Crippen LogP contribution in [0.4, 0.5) is 0 Å². The minimum Gasteiger partial charge on any atom is -0.364 e. The van der Waals surface area contributed by atoms with Crippen molar-refractivity contribution in [3.05, 3.63) is 41.6 Å². The lowest BCUT2D eigenvalue weighted by Gasteiger charge is -2.36. The SMILES string of the molecule is CCN1CCN(C2=C(c3ccccc3)C(=O)N(C(C)C)C2=O)CC1. The van der Waals surface area contributed by atoms with E-state index in [1.807, 2.05) is 44.2 Å². The van der Waals surface area contributed by atoms with Crippen LogP contribution in [-0.4, -0.2) is 65.3 Å². The van der Waals surface area contributed by atoms with Crippen LogP contribution in [0, 0.1) is 0 Å². The van der Waals surface area contributed by atoms with Gasteiger partial charge in [0, 0.05) is 32.2 Å². The first-order valence-corrected chi connectivity index (χ1v) is 8.69. The summed E-state index contributed by atoms with van der Waals surface area (Å²) in [5.41, 5.74) is 1.96. The molecule has 2 aliphatic rings. The number of amides is 2. The first kappa shape index (κ1) is 16.7. The number of benzene rings is 1. The van der Waals surface area contributed by atoms with Crippen molar-refractivity contribution in [1.82, 2.24) is 14.7 Å². The van der Waals surface area contributed by atoms with Crippen molar-refractivity contribution in [1.29, 1.82) is 0 Å². The maximum atomic E-state index is 13.0. The molecule has 3 rings (SSSR count). The van der Waals surface area contributed by atoms with Crippen molar-refractivity contribution in [2.24, 2.45) is 0 Å². The average Bonchev–Trinajstić information content (AvgIpc) is 2.86. The first-order valence-electron chi connectivity index (χ1n) is 8.69. The van der Waals surface area contributed by atoms with Gasteiger partial charge in [-0.25, -0.2) is 0 Å². The van der Waals surface area contributed by atoms with Crippen molar-refractivity contribution in [2.75, 3.05) is 32.7 Å². The van der Waals surface area contributed by atoms with Gasteiger partial charge in [-0.3, -0.25) is 14.5 Å². The highest BCUT2D eigenvalue weighted by Gasteiger charge is 2.43. The third-order valence-corrected chi connectivity index (χ3v) is 4.81. The molecule has 0 bridgehead atoms. The van der Waals surface area contributed by atoms with Crippen LogP contribution in [0.25, 0.3) is 5.57 Å². The van der Waals surface area contributed by atoms with E-state index in [1.165, 1.54) is 4.90 Å². The summed E-state index contributed by atoms with van der Waals surface area (Å²) in [6.45, 7) is 10.3. The summed E-state index contributed by atoms with van der Waals surface area (Å²) in [6.07, 6.45) is 0. The van der Waals surface area contributed by atoms with Gasteiger partial charge in [0.25, 0.3) is 11.8 Å². The topological polar surface area (TPSA) is 43.9 Å². The Morgan fingerprint density at radius 1 is 0.958 bits per heavy atom. The van der Waals surface area contributed by atoms with Crippen molar-refractivity contribution in [2.45, 2.75) is 26.8 Å². The highest BCUT2D eigenvalue weighted by Crippen LogP contribution is 2.33. The van der Waals surface area contributed by atoms with Crippen LogP contribution >= 0.6 is 0 Å². The zero-order chi connectivity index (χ0) is 17.3. The van der Waals surface area contributed by atoms with Crippen molar-refractivity contribution >= 4 is 17.4 Å². The fourth-order valence-electron chi connectivity index (χ4n) is 3.45. The van der Waals surface area contributed by atoms with Gasteiger partial charge in [0.1, 0.15) is 5.70 Å². The van der Waals surface area contributed by atoms with Crippen LogP contribution in [0.15, 0.2) is 36.0 Å². The summed E-state index contributed by atoms with van der Waals surface area (Å²) >= 11 is 0. The molecule has 0 saturated carbocycles. The van der Waals surface area contributed by atoms with Gasteiger partial charge in [-0.2, -0.15) is 0 Å². The Balaban J connectivity index is 2.01. The minimum absolute atomic E-state index is 0.141. The van der Waals surface area contributed by atoms with Crippen LogP contribution < -0.4 is 0 Å². The van der Waals surface area contributed by atoms with Gasteiger partial charge in [-0.15, -0.1) is 0 Å². The van der Waals surface area contributed by atoms with Gasteiger partial charge >= 0.3 is 0 Å². The van der Waals surface area contributed by atoms with E-state index in [-0.39, 0.29) is 17.9 Å². The molecule has 2 amide bonds. The second-order valence-electron chi connectivity index (χ2n) is 6.58. The second kappa shape index (κ2) is 6.77. The Morgan fingerprint density at radius 2 is 1.58 bits per heavy atom. The molecular weight excluding hydrogens is 302 g/mol. The number of piperazine rings is 1. The van der Waals surface area contributed by atoms with E-state index in [2.05, 4.69) is 16.7 Å². The van der Waals surface area contributed by atoms with Crippen LogP contribution in [0.2, 0.25) is 0 Å². The molecule has 0 spiro atoms. The molecule has 0 unspecified atom stereocenters. The molecule has 1 aromatic rings. The highest BCUT2D eigenvalue weighted by atomic mass is 16.2. The number of hydrogen-bond acceptors (Lipinski definition) is 4. The fourth-order valence-corrected chi connectivity index (χ4v) is 3.45. The molecule has 0 aromatic heterocycles. The maximum Gasteiger partial charge on any atom is 0.278 e. The molecule has 0 N–H and O–H groups in total. The molecule has 24 heavy (non-hydrogen) atoms. The number of carbonyl (C=O) groups excluding carboxylic acids is 2. The molecule has 1 fully saturated rings. The summed E-state index contributed by atoms with van der Waals surface area (Å²) < 4.78 is 0. The zero-order valence-electron chi connectivity index (χ0n) is 14.7. The number of rotatable bonds is 4. The van der Waals surface area contributed by atoms with Gasteiger partial charge in [-0.1, -0.05) is 37.3 Å². The van der Waals surface area contributed by atoms with E-state index in [4.69, 9.17) is 0 Å². The fraction of sp³-hybridized carbons (Fsp3) is 0.474. The van der Waals surface area contributed by atoms with Crippen LogP contribution in [0.5, 0.6) is 0 Å². The van der Waals surface area contributed by atoms with E-state index in [1.54, 1.807) is 0 Å². The predicted molar refractivity (Wildman–Crippen MR) is 94.0 cm³/mol. The maximum absolute atomic E-state index is 13.0. The lowest BCUT2D eigenvalue weighted by Crippen LogP contribution is -2.47. The standard InChI is InChI=1S/C19H25N3O2/c1-4-20-10-12-21(13-11-20)17-16(15-8-6-5-7-9-15)18(23)22(14(2)3)19(17)24/h5-9,14H,4,10-13H2,1-3H3. The van der Waals surface area contributed by atoms with Crippen molar-refractivity contribution in [3.8, 4) is 0 Å². The Hall–Kier alpha value is -2.14. The third kappa shape index (κ3) is 2.84. The summed E-state index contributed by atoms with van der Waals surface area (Å²) in [5.74, 6) is -0.326. The summed E-state index contributed by atoms with van der Waals surface area (Å²) in [7, 11) is 0. The van der Waals surface area contributed by atoms with Crippen LogP contribution in [-0.2, 0) is 9.59 Å². The van der Waals surface area contributed by atoms with Gasteiger partial charge in [-0.05, 0) is 26.0 Å². The number of hydrogen-bond donors (Lipinski definition) is 0. The normalized spacial score (nSPS) is 19.8. The van der Waals surface area contributed by atoms with E-state index >= 15 is 0 Å². The molecule has 1 saturated heterocycles. The predicted octanol–water partition coefficient (Wildman–Crippen LogP) is 1.81. The zero-order valence-corrected chi connectivity index (χ0v) is 14.7. The van der Waals surface area contributed by atoms with Gasteiger partial charge < -0.3 is 9.80 Å². The Morgan fingerprint density at radius 3 is 2.12 bits per heavy atom. The third-order valence-electron chi connectivity index (χ3n) is 4.81. The van der Waals surface area contributed by atoms with Crippen molar-refractivity contribution in [3.63, 3.8) is 0 Å². The minimum atomic E-state index is -0.172. The summed E-state index contributed by atoms with van der Waals surface area (Å²) in [5, 5.41) is 0. The molecule has 2 aliphatic heterocycles. The average molecular weight is 327 g/mol. The van der Waals surface area contributed by atoms with E-state index < -0.39 is 0 Å². The lowest BCUT2D eigenvalue weighted by atomic mass is 10.0. The quantitative estimate of drug-likeness (QED) is 0.791. The second-order valence-corrected chi connectivity index (χ2v) is 6.58. The van der Waals surface area contributed by atoms with Gasteiger partial charge in [0.2, 0.25) is 0 Å². The van der Waals surface area contributed by atoms with E-state index in [0.29, 0.717) is 11.3 Å². The molecular formula is C19H25N3O2. The van der Waals surface area contributed by atoms with Gasteiger partial charge in [0.15, 0.2) is 0 Å². The molecule has 2 heterocycles. The van der Waals surface area contributed by atoms with Crippen molar-refractivity contribution < 1.29 is 9.59 Å². The molecule has 0 radical (unpaired) electrons. The number of imide groups is 1. The Bertz CT molecular complexity index is 658. The smallest absolute Gasteiger partial charge is 0.278 e. The summed E-state index contributed by atoms with van der Waals surface area (Å²) in [4.78, 5) is 31.8. The summed E-state index contributed by atoms with van der Waals surface area (Å²) in [6, 6.07) is 9.41. The Kier molecular flexibility index (Phi) is 4.71. The largest absolute Gasteiger partial charge is 0.364 e. The highest BCUT2D eigenvalue weighted by molar-refractivity contribution is 6.35. The molecule has 0 aliphatic carbocycles. The molecule has 0 atom stereocenters. The molecule has 128 valence electrons. The molecule has 5 nitrogen and oxygen atoms in total. The monoisotopic (exact) mass is 327 g/mol. The lowest BCUT2D eigenvalue weighted by molar-refractivity contribution is -0.139. The van der Waals surface area contributed by atoms with E-state index in [9.17, 15) is 9.59 Å². The number of nitrogens with zero attached hydrogens (tertiary/aromatic N) is 3. The molecule has 5 heteroatoms. The van der Waals surface area contributed by atoms with Crippen LogP contribution in [0.1, 0.15) is 26.3 Å². The number of likely N-dealkylation sites (N-methyl/N-ethyl adjacent to an activating group) is 1.